The molecule has 1 heterocycles. The number of aromatic nitrogens is 1. The molecule has 0 unspecified atom stereocenters. The van der Waals surface area contributed by atoms with E-state index in [4.69, 9.17) is 5.11 Å². The highest BCUT2D eigenvalue weighted by Gasteiger charge is 2.12. The third-order valence-electron chi connectivity index (χ3n) is 1.76. The van der Waals surface area contributed by atoms with Crippen LogP contribution in [0, 0.1) is 0 Å². The van der Waals surface area contributed by atoms with Crippen molar-refractivity contribution < 1.29 is 15.0 Å². The number of pyridine rings is 1. The van der Waals surface area contributed by atoms with Gasteiger partial charge in [0.1, 0.15) is 5.75 Å². The molecule has 0 saturated carbocycles. The standard InChI is InChI=1S/C9H11NO3/c1-5(2)6-3-7(11)8(9(12)13)10-4-6/h3-5,11H,1-2H3,(H,12,13). The molecule has 13 heavy (non-hydrogen) atoms. The normalized spacial score (nSPS) is 10.4. The molecule has 0 atom stereocenters. The van der Waals surface area contributed by atoms with Crippen LogP contribution in [0.25, 0.3) is 0 Å². The quantitative estimate of drug-likeness (QED) is 0.727. The number of hydrogen-bond acceptors (Lipinski definition) is 3. The van der Waals surface area contributed by atoms with Crippen LogP contribution in [-0.4, -0.2) is 21.2 Å². The van der Waals surface area contributed by atoms with Gasteiger partial charge in [-0.05, 0) is 17.5 Å². The summed E-state index contributed by atoms with van der Waals surface area (Å²) in [5, 5.41) is 17.8. The molecule has 0 saturated heterocycles. The lowest BCUT2D eigenvalue weighted by Gasteiger charge is -2.05. The minimum atomic E-state index is -1.21. The first-order valence-corrected chi connectivity index (χ1v) is 3.94. The minimum Gasteiger partial charge on any atom is -0.505 e. The SMILES string of the molecule is CC(C)c1cnc(C(=O)O)c(O)c1. The summed E-state index contributed by atoms with van der Waals surface area (Å²) in [4.78, 5) is 14.1. The van der Waals surface area contributed by atoms with Gasteiger partial charge < -0.3 is 10.2 Å². The maximum atomic E-state index is 10.5. The van der Waals surface area contributed by atoms with Gasteiger partial charge in [0.2, 0.25) is 0 Å². The molecule has 0 aromatic carbocycles. The van der Waals surface area contributed by atoms with Gasteiger partial charge in [-0.25, -0.2) is 9.78 Å². The lowest BCUT2D eigenvalue weighted by atomic mass is 10.1. The Morgan fingerprint density at radius 1 is 1.54 bits per heavy atom. The molecule has 0 bridgehead atoms. The molecule has 70 valence electrons. The first-order chi connectivity index (χ1) is 6.02. The number of nitrogens with zero attached hydrogens (tertiary/aromatic N) is 1. The molecule has 0 fully saturated rings. The van der Waals surface area contributed by atoms with Crippen LogP contribution in [0.5, 0.6) is 5.75 Å². The number of hydrogen-bond donors (Lipinski definition) is 2. The van der Waals surface area contributed by atoms with Crippen LogP contribution >= 0.6 is 0 Å². The van der Waals surface area contributed by atoms with Crippen molar-refractivity contribution in [2.45, 2.75) is 19.8 Å². The predicted molar refractivity (Wildman–Crippen MR) is 47.0 cm³/mol. The number of carbonyl (C=O) groups is 1. The second-order valence-corrected chi connectivity index (χ2v) is 3.10. The molecular formula is C9H11NO3. The van der Waals surface area contributed by atoms with Gasteiger partial charge in [-0.15, -0.1) is 0 Å². The van der Waals surface area contributed by atoms with E-state index in [0.717, 1.165) is 5.56 Å². The molecule has 0 radical (unpaired) electrons. The predicted octanol–water partition coefficient (Wildman–Crippen LogP) is 1.61. The third-order valence-corrected chi connectivity index (χ3v) is 1.76. The fourth-order valence-corrected chi connectivity index (χ4v) is 0.949. The highest BCUT2D eigenvalue weighted by molar-refractivity contribution is 5.88. The second kappa shape index (κ2) is 3.43. The van der Waals surface area contributed by atoms with E-state index in [1.54, 1.807) is 0 Å². The number of rotatable bonds is 2. The van der Waals surface area contributed by atoms with E-state index in [1.165, 1.54) is 12.3 Å². The molecule has 4 nitrogen and oxygen atoms in total. The summed E-state index contributed by atoms with van der Waals surface area (Å²) in [5.41, 5.74) is 0.520. The smallest absolute Gasteiger partial charge is 0.358 e. The van der Waals surface area contributed by atoms with Gasteiger partial charge in [0.25, 0.3) is 0 Å². The van der Waals surface area contributed by atoms with Crippen LogP contribution in [0.1, 0.15) is 35.8 Å². The Labute approximate surface area is 75.9 Å². The van der Waals surface area contributed by atoms with Crippen LogP contribution in [0.15, 0.2) is 12.3 Å². The van der Waals surface area contributed by atoms with Crippen molar-refractivity contribution in [2.75, 3.05) is 0 Å². The minimum absolute atomic E-state index is 0.223. The van der Waals surface area contributed by atoms with E-state index >= 15 is 0 Å². The van der Waals surface area contributed by atoms with Crippen molar-refractivity contribution in [3.05, 3.63) is 23.5 Å². The first-order valence-electron chi connectivity index (χ1n) is 3.94. The summed E-state index contributed by atoms with van der Waals surface area (Å²) in [6, 6.07) is 1.43. The Bertz CT molecular complexity index is 334. The van der Waals surface area contributed by atoms with E-state index in [2.05, 4.69) is 4.98 Å². The van der Waals surface area contributed by atoms with Gasteiger partial charge in [-0.3, -0.25) is 0 Å². The molecule has 1 aromatic rings. The maximum Gasteiger partial charge on any atom is 0.358 e. The molecule has 1 aromatic heterocycles. The van der Waals surface area contributed by atoms with Crippen LogP contribution in [-0.2, 0) is 0 Å². The van der Waals surface area contributed by atoms with E-state index < -0.39 is 5.97 Å². The summed E-state index contributed by atoms with van der Waals surface area (Å²) in [6.45, 7) is 3.88. The fourth-order valence-electron chi connectivity index (χ4n) is 0.949. The van der Waals surface area contributed by atoms with Gasteiger partial charge in [0.15, 0.2) is 5.69 Å². The van der Waals surface area contributed by atoms with Gasteiger partial charge in [0.05, 0.1) is 0 Å². The zero-order valence-electron chi connectivity index (χ0n) is 7.48. The van der Waals surface area contributed by atoms with Crippen molar-refractivity contribution in [1.82, 2.24) is 4.98 Å². The number of carboxylic acids is 1. The molecular weight excluding hydrogens is 170 g/mol. The van der Waals surface area contributed by atoms with Gasteiger partial charge >= 0.3 is 5.97 Å². The summed E-state index contributed by atoms with van der Waals surface area (Å²) >= 11 is 0. The van der Waals surface area contributed by atoms with Crippen LogP contribution in [0.2, 0.25) is 0 Å². The molecule has 0 aliphatic rings. The number of carboxylic acid groups (broad SMARTS) is 1. The summed E-state index contributed by atoms with van der Waals surface area (Å²) < 4.78 is 0. The Balaban J connectivity index is 3.13. The van der Waals surface area contributed by atoms with Crippen molar-refractivity contribution in [2.24, 2.45) is 0 Å². The van der Waals surface area contributed by atoms with E-state index in [-0.39, 0.29) is 17.4 Å². The van der Waals surface area contributed by atoms with Gasteiger partial charge in [-0.1, -0.05) is 13.8 Å². The average Bonchev–Trinajstić information content (AvgIpc) is 2.03. The molecule has 1 rings (SSSR count). The van der Waals surface area contributed by atoms with Crippen molar-refractivity contribution in [1.29, 1.82) is 0 Å². The zero-order valence-corrected chi connectivity index (χ0v) is 7.48. The second-order valence-electron chi connectivity index (χ2n) is 3.10. The Kier molecular flexibility index (Phi) is 2.51. The zero-order chi connectivity index (χ0) is 10.0. The lowest BCUT2D eigenvalue weighted by Crippen LogP contribution is -2.01. The molecule has 0 aliphatic heterocycles. The Hall–Kier alpha value is -1.58. The van der Waals surface area contributed by atoms with Gasteiger partial charge in [0, 0.05) is 6.20 Å². The molecule has 2 N–H and O–H groups in total. The van der Waals surface area contributed by atoms with Crippen LogP contribution in [0.3, 0.4) is 0 Å². The third kappa shape index (κ3) is 1.96. The Morgan fingerprint density at radius 3 is 2.54 bits per heavy atom. The van der Waals surface area contributed by atoms with Crippen molar-refractivity contribution >= 4 is 5.97 Å². The summed E-state index contributed by atoms with van der Waals surface area (Å²) in [5.74, 6) is -1.27. The van der Waals surface area contributed by atoms with E-state index in [9.17, 15) is 9.90 Å². The highest BCUT2D eigenvalue weighted by atomic mass is 16.4. The van der Waals surface area contributed by atoms with Crippen molar-refractivity contribution in [3.63, 3.8) is 0 Å². The van der Waals surface area contributed by atoms with Crippen LogP contribution in [0.4, 0.5) is 0 Å². The van der Waals surface area contributed by atoms with E-state index in [1.807, 2.05) is 13.8 Å². The molecule has 0 amide bonds. The number of aromatic hydroxyl groups is 1. The highest BCUT2D eigenvalue weighted by Crippen LogP contribution is 2.21. The largest absolute Gasteiger partial charge is 0.505 e. The summed E-state index contributed by atoms with van der Waals surface area (Å²) in [7, 11) is 0. The first kappa shape index (κ1) is 9.51. The topological polar surface area (TPSA) is 70.4 Å². The van der Waals surface area contributed by atoms with Gasteiger partial charge in [-0.2, -0.15) is 0 Å². The van der Waals surface area contributed by atoms with E-state index in [0.29, 0.717) is 0 Å². The molecule has 0 aliphatic carbocycles. The Morgan fingerprint density at radius 2 is 2.15 bits per heavy atom. The van der Waals surface area contributed by atoms with Crippen molar-refractivity contribution in [3.8, 4) is 5.75 Å². The number of aromatic carboxylic acids is 1. The summed E-state index contributed by atoms with van der Waals surface area (Å²) in [6.07, 6.45) is 1.47. The average molecular weight is 181 g/mol. The lowest BCUT2D eigenvalue weighted by molar-refractivity contribution is 0.0687. The maximum absolute atomic E-state index is 10.5. The molecule has 0 spiro atoms. The van der Waals surface area contributed by atoms with Crippen LogP contribution < -0.4 is 0 Å². The fraction of sp³-hybridized carbons (Fsp3) is 0.333. The monoisotopic (exact) mass is 181 g/mol. The molecule has 4 heteroatoms.